The predicted octanol–water partition coefficient (Wildman–Crippen LogP) is 12.7. The number of nitrogens with zero attached hydrogens (tertiary/aromatic N) is 4. The Morgan fingerprint density at radius 3 is 2.19 bits per heavy atom. The van der Waals surface area contributed by atoms with E-state index in [1.54, 1.807) is 0 Å². The number of allylic oxidation sites excluding steroid dienone is 2. The summed E-state index contributed by atoms with van der Waals surface area (Å²) in [6.07, 6.45) is 7.08. The summed E-state index contributed by atoms with van der Waals surface area (Å²) in [5.74, 6) is 1.07. The Balaban J connectivity index is 1.04. The summed E-state index contributed by atoms with van der Waals surface area (Å²) in [7, 11) is 0. The van der Waals surface area contributed by atoms with Crippen molar-refractivity contribution in [1.29, 1.82) is 0 Å². The molecule has 6 aromatic carbocycles. The zero-order valence-corrected chi connectivity index (χ0v) is 30.7. The SMILES string of the molecule is CC1(C)c2cc(-c3nc(-c4cccc(-n5c6ccccc6c6ccccc65)c4)c4ccccc4n3)ccc2N2c3c(sc4ccccc34)C3=CC=CC1C32. The van der Waals surface area contributed by atoms with Crippen LogP contribution in [0.5, 0.6) is 0 Å². The Labute approximate surface area is 317 Å². The average molecular weight is 711 g/mol. The Morgan fingerprint density at radius 1 is 0.648 bits per heavy atom. The van der Waals surface area contributed by atoms with Crippen molar-refractivity contribution in [2.45, 2.75) is 25.3 Å². The minimum absolute atomic E-state index is 0.108. The molecule has 2 aliphatic heterocycles. The molecule has 0 N–H and O–H groups in total. The number of fused-ring (bicyclic) bond motifs is 11. The van der Waals surface area contributed by atoms with Gasteiger partial charge in [-0.2, -0.15) is 0 Å². The van der Waals surface area contributed by atoms with Crippen LogP contribution in [0.2, 0.25) is 0 Å². The van der Waals surface area contributed by atoms with Crippen LogP contribution in [0, 0.1) is 5.92 Å². The first-order valence-electron chi connectivity index (χ1n) is 18.7. The lowest BCUT2D eigenvalue weighted by molar-refractivity contribution is 0.341. The number of para-hydroxylation sites is 3. The van der Waals surface area contributed by atoms with Crippen LogP contribution in [0.15, 0.2) is 158 Å². The molecule has 0 bridgehead atoms. The van der Waals surface area contributed by atoms with Gasteiger partial charge < -0.3 is 9.47 Å². The molecule has 1 aliphatic carbocycles. The molecule has 0 saturated heterocycles. The van der Waals surface area contributed by atoms with Gasteiger partial charge in [0.05, 0.1) is 38.9 Å². The fourth-order valence-corrected chi connectivity index (χ4v) is 10.9. The van der Waals surface area contributed by atoms with Crippen LogP contribution < -0.4 is 4.90 Å². The van der Waals surface area contributed by atoms with Crippen LogP contribution in [-0.4, -0.2) is 20.6 Å². The van der Waals surface area contributed by atoms with Gasteiger partial charge in [0.1, 0.15) is 0 Å². The van der Waals surface area contributed by atoms with Crippen molar-refractivity contribution in [2.24, 2.45) is 5.92 Å². The molecule has 0 fully saturated rings. The highest BCUT2D eigenvalue weighted by molar-refractivity contribution is 7.21. The van der Waals surface area contributed by atoms with Crippen LogP contribution in [0.3, 0.4) is 0 Å². The molecule has 4 nitrogen and oxygen atoms in total. The van der Waals surface area contributed by atoms with Crippen LogP contribution in [0.4, 0.5) is 11.4 Å². The number of benzene rings is 6. The molecule has 5 heteroatoms. The molecule has 54 heavy (non-hydrogen) atoms. The first-order valence-corrected chi connectivity index (χ1v) is 19.6. The van der Waals surface area contributed by atoms with E-state index in [1.807, 2.05) is 11.3 Å². The minimum Gasteiger partial charge on any atom is -0.331 e. The summed E-state index contributed by atoms with van der Waals surface area (Å²) >= 11 is 1.93. The van der Waals surface area contributed by atoms with Gasteiger partial charge in [-0.3, -0.25) is 0 Å². The monoisotopic (exact) mass is 710 g/mol. The van der Waals surface area contributed by atoms with Gasteiger partial charge in [0.15, 0.2) is 5.82 Å². The summed E-state index contributed by atoms with van der Waals surface area (Å²) in [5, 5.41) is 4.89. The van der Waals surface area contributed by atoms with Gasteiger partial charge in [-0.15, -0.1) is 11.3 Å². The highest BCUT2D eigenvalue weighted by Crippen LogP contribution is 2.62. The van der Waals surface area contributed by atoms with Crippen molar-refractivity contribution in [3.8, 4) is 28.3 Å². The maximum absolute atomic E-state index is 5.43. The Kier molecular flexibility index (Phi) is 6.08. The van der Waals surface area contributed by atoms with Crippen LogP contribution in [-0.2, 0) is 5.41 Å². The first kappa shape index (κ1) is 30.2. The molecular formula is C49H34N4S. The van der Waals surface area contributed by atoms with E-state index in [-0.39, 0.29) is 5.41 Å². The second-order valence-electron chi connectivity index (χ2n) is 15.4. The third kappa shape index (κ3) is 4.02. The van der Waals surface area contributed by atoms with Gasteiger partial charge >= 0.3 is 0 Å². The van der Waals surface area contributed by atoms with Crippen LogP contribution in [0.25, 0.3) is 76.7 Å². The third-order valence-corrected chi connectivity index (χ3v) is 13.4. The van der Waals surface area contributed by atoms with Gasteiger partial charge in [-0.1, -0.05) is 117 Å². The van der Waals surface area contributed by atoms with Gasteiger partial charge in [0, 0.05) is 60.1 Å². The highest BCUT2D eigenvalue weighted by atomic mass is 32.1. The molecular weight excluding hydrogens is 677 g/mol. The Morgan fingerprint density at radius 2 is 1.37 bits per heavy atom. The van der Waals surface area contributed by atoms with E-state index in [2.05, 4.69) is 181 Å². The van der Waals surface area contributed by atoms with Crippen LogP contribution >= 0.6 is 11.3 Å². The van der Waals surface area contributed by atoms with Gasteiger partial charge in [-0.05, 0) is 65.7 Å². The van der Waals surface area contributed by atoms with Crippen molar-refractivity contribution in [1.82, 2.24) is 14.5 Å². The van der Waals surface area contributed by atoms with Crippen LogP contribution in [0.1, 0.15) is 24.3 Å². The van der Waals surface area contributed by atoms with E-state index >= 15 is 0 Å². The van der Waals surface area contributed by atoms with Crippen molar-refractivity contribution in [2.75, 3.05) is 4.90 Å². The average Bonchev–Trinajstić information content (AvgIpc) is 3.87. The normalized spacial score (nSPS) is 18.0. The summed E-state index contributed by atoms with van der Waals surface area (Å²) < 4.78 is 3.72. The van der Waals surface area contributed by atoms with Crippen molar-refractivity contribution >= 4 is 71.1 Å². The van der Waals surface area contributed by atoms with Crippen molar-refractivity contribution in [3.05, 3.63) is 168 Å². The first-order chi connectivity index (χ1) is 26.5. The number of aromatic nitrogens is 3. The molecule has 9 aromatic rings. The maximum Gasteiger partial charge on any atom is 0.160 e. The molecule has 2 unspecified atom stereocenters. The summed E-state index contributed by atoms with van der Waals surface area (Å²) in [6, 6.07) is 50.7. The van der Waals surface area contributed by atoms with Gasteiger partial charge in [-0.25, -0.2) is 9.97 Å². The quantitative estimate of drug-likeness (QED) is 0.183. The van der Waals surface area contributed by atoms with Crippen molar-refractivity contribution in [3.63, 3.8) is 0 Å². The Hall–Kier alpha value is -6.30. The minimum atomic E-state index is -0.108. The fraction of sp³-hybridized carbons (Fsp3) is 0.102. The standard InChI is InChI=1S/C49H34N4S/c1-49(2)37-20-12-19-36-45(37)53(46-35-18-6-10-24-43(35)54-47(36)46)42-26-25-30(28-38(42)49)48-50-39-21-7-3-17-34(39)44(51-48)29-13-11-14-31(27-29)52-40-22-8-4-15-32(40)33-16-5-9-23-41(33)52/h3-28,37,45H,1-2H3. The van der Waals surface area contributed by atoms with E-state index < -0.39 is 0 Å². The lowest BCUT2D eigenvalue weighted by Crippen LogP contribution is -2.49. The second kappa shape index (κ2) is 10.9. The lowest BCUT2D eigenvalue weighted by atomic mass is 9.64. The molecule has 3 aromatic heterocycles. The van der Waals surface area contributed by atoms with Gasteiger partial charge in [0.2, 0.25) is 0 Å². The fourth-order valence-electron chi connectivity index (χ4n) is 9.70. The molecule has 5 heterocycles. The number of hydrogen-bond acceptors (Lipinski definition) is 4. The summed E-state index contributed by atoms with van der Waals surface area (Å²) in [6.45, 7) is 4.84. The number of hydrogen-bond donors (Lipinski definition) is 0. The van der Waals surface area contributed by atoms with E-state index in [1.165, 1.54) is 59.3 Å². The molecule has 3 aliphatic rings. The molecule has 0 amide bonds. The molecule has 12 rings (SSSR count). The smallest absolute Gasteiger partial charge is 0.160 e. The predicted molar refractivity (Wildman–Crippen MR) is 226 cm³/mol. The Bertz CT molecular complexity index is 3070. The number of thiophene rings is 1. The molecule has 0 radical (unpaired) electrons. The molecule has 256 valence electrons. The van der Waals surface area contributed by atoms with E-state index in [0.29, 0.717) is 12.0 Å². The number of rotatable bonds is 3. The third-order valence-electron chi connectivity index (χ3n) is 12.2. The molecule has 0 saturated carbocycles. The zero-order valence-electron chi connectivity index (χ0n) is 29.9. The van der Waals surface area contributed by atoms with Gasteiger partial charge in [0.25, 0.3) is 0 Å². The lowest BCUT2D eigenvalue weighted by Gasteiger charge is -2.49. The topological polar surface area (TPSA) is 34.0 Å². The maximum atomic E-state index is 5.43. The molecule has 0 spiro atoms. The zero-order chi connectivity index (χ0) is 35.7. The summed E-state index contributed by atoms with van der Waals surface area (Å²) in [5.41, 5.74) is 12.8. The number of anilines is 2. The van der Waals surface area contributed by atoms with E-state index in [0.717, 1.165) is 39.2 Å². The van der Waals surface area contributed by atoms with Crippen molar-refractivity contribution < 1.29 is 0 Å². The van der Waals surface area contributed by atoms with E-state index in [9.17, 15) is 0 Å². The molecule has 2 atom stereocenters. The second-order valence-corrected chi connectivity index (χ2v) is 16.5. The largest absolute Gasteiger partial charge is 0.331 e. The van der Waals surface area contributed by atoms with E-state index in [4.69, 9.17) is 9.97 Å². The summed E-state index contributed by atoms with van der Waals surface area (Å²) in [4.78, 5) is 14.7. The highest BCUT2D eigenvalue weighted by Gasteiger charge is 2.52.